The number of pyridine rings is 1. The fourth-order valence-corrected chi connectivity index (χ4v) is 3.03. The van der Waals surface area contributed by atoms with Gasteiger partial charge >= 0.3 is 0 Å². The Hall–Kier alpha value is -2.13. The number of primary amides is 1. The minimum absolute atomic E-state index is 0.143. The summed E-state index contributed by atoms with van der Waals surface area (Å²) in [6, 6.07) is 3.92. The molecule has 0 aromatic carbocycles. The molecular weight excluding hydrogens is 270 g/mol. The molecule has 1 atom stereocenters. The minimum Gasteiger partial charge on any atom is -0.381 e. The molecule has 19 heavy (non-hydrogen) atoms. The first-order chi connectivity index (χ1) is 8.83. The Labute approximate surface area is 109 Å². The second-order valence-corrected chi connectivity index (χ2v) is 5.61. The van der Waals surface area contributed by atoms with E-state index in [0.29, 0.717) is 5.65 Å². The Morgan fingerprint density at radius 3 is 2.79 bits per heavy atom. The Kier molecular flexibility index (Phi) is 3.16. The average molecular weight is 283 g/mol. The molecule has 2 heterocycles. The van der Waals surface area contributed by atoms with Crippen molar-refractivity contribution in [2.45, 2.75) is 18.0 Å². The van der Waals surface area contributed by atoms with Crippen molar-refractivity contribution in [2.75, 3.05) is 5.73 Å². The van der Waals surface area contributed by atoms with Crippen LogP contribution in [0.2, 0.25) is 0 Å². The largest absolute Gasteiger partial charge is 0.381 e. The molecule has 2 aromatic heterocycles. The molecule has 0 saturated heterocycles. The zero-order valence-corrected chi connectivity index (χ0v) is 10.9. The summed E-state index contributed by atoms with van der Waals surface area (Å²) in [4.78, 5) is 14.9. The van der Waals surface area contributed by atoms with Crippen LogP contribution in [0.25, 0.3) is 5.65 Å². The van der Waals surface area contributed by atoms with Gasteiger partial charge in [-0.1, -0.05) is 6.07 Å². The number of anilines is 1. The third-order valence-corrected chi connectivity index (χ3v) is 4.10. The summed E-state index contributed by atoms with van der Waals surface area (Å²) in [7, 11) is -3.99. The fourth-order valence-electron chi connectivity index (χ4n) is 1.61. The molecule has 0 radical (unpaired) electrons. The molecule has 0 aliphatic rings. The topological polar surface area (TPSA) is 133 Å². The van der Waals surface area contributed by atoms with Crippen LogP contribution in [0.4, 0.5) is 5.82 Å². The molecule has 9 heteroatoms. The summed E-state index contributed by atoms with van der Waals surface area (Å²) in [5.41, 5.74) is 11.0. The van der Waals surface area contributed by atoms with Crippen molar-refractivity contribution in [3.8, 4) is 0 Å². The van der Waals surface area contributed by atoms with Gasteiger partial charge in [0.05, 0.1) is 6.04 Å². The molecule has 2 aromatic rings. The van der Waals surface area contributed by atoms with Gasteiger partial charge in [-0.15, -0.1) is 0 Å². The van der Waals surface area contributed by atoms with Crippen LogP contribution in [0.15, 0.2) is 29.4 Å². The van der Waals surface area contributed by atoms with Crippen LogP contribution >= 0.6 is 0 Å². The van der Waals surface area contributed by atoms with Crippen molar-refractivity contribution in [1.82, 2.24) is 14.1 Å². The average Bonchev–Trinajstić information content (AvgIpc) is 2.64. The highest BCUT2D eigenvalue weighted by Crippen LogP contribution is 2.19. The highest BCUT2D eigenvalue weighted by atomic mass is 32.2. The van der Waals surface area contributed by atoms with Gasteiger partial charge in [0.1, 0.15) is 5.65 Å². The Balaban J connectivity index is 2.55. The molecule has 5 N–H and O–H groups in total. The van der Waals surface area contributed by atoms with Crippen molar-refractivity contribution < 1.29 is 13.2 Å². The van der Waals surface area contributed by atoms with Crippen LogP contribution in [-0.2, 0) is 14.8 Å². The van der Waals surface area contributed by atoms with Crippen LogP contribution in [0, 0.1) is 0 Å². The highest BCUT2D eigenvalue weighted by Gasteiger charge is 2.26. The summed E-state index contributed by atoms with van der Waals surface area (Å²) in [6.07, 6.45) is 1.52. The van der Waals surface area contributed by atoms with E-state index in [9.17, 15) is 13.2 Å². The van der Waals surface area contributed by atoms with Gasteiger partial charge in [-0.05, 0) is 19.1 Å². The first-order valence-corrected chi connectivity index (χ1v) is 6.85. The van der Waals surface area contributed by atoms with Crippen LogP contribution in [0.5, 0.6) is 0 Å². The van der Waals surface area contributed by atoms with Crippen LogP contribution < -0.4 is 16.2 Å². The number of nitrogen functional groups attached to an aromatic ring is 1. The highest BCUT2D eigenvalue weighted by molar-refractivity contribution is 7.89. The number of carbonyl (C=O) groups is 1. The summed E-state index contributed by atoms with van der Waals surface area (Å²) in [5, 5.41) is -0.212. The van der Waals surface area contributed by atoms with E-state index < -0.39 is 22.0 Å². The lowest BCUT2D eigenvalue weighted by Gasteiger charge is -2.10. The Morgan fingerprint density at radius 1 is 1.47 bits per heavy atom. The summed E-state index contributed by atoms with van der Waals surface area (Å²) < 4.78 is 27.8. The number of nitrogens with two attached hydrogens (primary N) is 2. The van der Waals surface area contributed by atoms with Crippen molar-refractivity contribution >= 4 is 27.4 Å². The molecule has 0 saturated carbocycles. The van der Waals surface area contributed by atoms with Gasteiger partial charge < -0.3 is 11.5 Å². The fraction of sp³-hybridized carbons (Fsp3) is 0.200. The van der Waals surface area contributed by atoms with E-state index in [1.807, 2.05) is 0 Å². The van der Waals surface area contributed by atoms with Crippen molar-refractivity contribution in [2.24, 2.45) is 5.73 Å². The number of fused-ring (bicyclic) bond motifs is 1. The minimum atomic E-state index is -3.99. The zero-order chi connectivity index (χ0) is 14.2. The van der Waals surface area contributed by atoms with Crippen LogP contribution in [-0.4, -0.2) is 29.8 Å². The van der Waals surface area contributed by atoms with Crippen molar-refractivity contribution in [3.05, 3.63) is 24.4 Å². The number of rotatable bonds is 4. The normalized spacial score (nSPS) is 13.5. The quantitative estimate of drug-likeness (QED) is 0.666. The molecular formula is C10H13N5O3S. The van der Waals surface area contributed by atoms with E-state index >= 15 is 0 Å². The number of carbonyl (C=O) groups excluding carboxylic acids is 1. The number of sulfonamides is 1. The Morgan fingerprint density at radius 2 is 2.16 bits per heavy atom. The number of imidazole rings is 1. The molecule has 1 amide bonds. The second-order valence-electron chi connectivity index (χ2n) is 3.98. The van der Waals surface area contributed by atoms with Gasteiger partial charge in [0, 0.05) is 6.20 Å². The molecule has 0 spiro atoms. The van der Waals surface area contributed by atoms with Crippen molar-refractivity contribution in [1.29, 1.82) is 0 Å². The number of nitrogens with zero attached hydrogens (tertiary/aromatic N) is 2. The van der Waals surface area contributed by atoms with Gasteiger partial charge in [0.25, 0.3) is 10.0 Å². The van der Waals surface area contributed by atoms with E-state index in [4.69, 9.17) is 11.5 Å². The molecule has 0 bridgehead atoms. The lowest BCUT2D eigenvalue weighted by Crippen LogP contribution is -2.42. The molecule has 0 aliphatic heterocycles. The second kappa shape index (κ2) is 4.52. The van der Waals surface area contributed by atoms with Gasteiger partial charge in [-0.25, -0.2) is 13.4 Å². The summed E-state index contributed by atoms with van der Waals surface area (Å²) in [6.45, 7) is 1.35. The molecule has 0 aliphatic carbocycles. The number of aromatic nitrogens is 2. The zero-order valence-electron chi connectivity index (χ0n) is 10.1. The molecule has 2 rings (SSSR count). The predicted octanol–water partition coefficient (Wildman–Crippen LogP) is -0.931. The van der Waals surface area contributed by atoms with Gasteiger partial charge in [0.15, 0.2) is 10.8 Å². The lowest BCUT2D eigenvalue weighted by atomic mass is 10.4. The first kappa shape index (κ1) is 13.3. The van der Waals surface area contributed by atoms with Gasteiger partial charge in [-0.2, -0.15) is 4.72 Å². The van der Waals surface area contributed by atoms with E-state index in [1.165, 1.54) is 17.5 Å². The maximum Gasteiger partial charge on any atom is 0.261 e. The number of hydrogen-bond acceptors (Lipinski definition) is 5. The third kappa shape index (κ3) is 2.37. The van der Waals surface area contributed by atoms with E-state index in [1.54, 1.807) is 18.2 Å². The molecule has 8 nitrogen and oxygen atoms in total. The van der Waals surface area contributed by atoms with Crippen molar-refractivity contribution in [3.63, 3.8) is 0 Å². The standard InChI is InChI=1S/C10H13N5O3S/c1-6(9(12)16)14-19(17,18)10-8(11)13-7-4-2-3-5-15(7)10/h2-6,14H,11H2,1H3,(H2,12,16). The lowest BCUT2D eigenvalue weighted by molar-refractivity contribution is -0.119. The van der Waals surface area contributed by atoms with Crippen LogP contribution in [0.1, 0.15) is 6.92 Å². The SMILES string of the molecule is CC(NS(=O)(=O)c1c(N)nc2ccccn12)C(N)=O. The van der Waals surface area contributed by atoms with E-state index in [2.05, 4.69) is 9.71 Å². The smallest absolute Gasteiger partial charge is 0.261 e. The Bertz CT molecular complexity index is 737. The monoisotopic (exact) mass is 283 g/mol. The van der Waals surface area contributed by atoms with Crippen LogP contribution in [0.3, 0.4) is 0 Å². The predicted molar refractivity (Wildman–Crippen MR) is 68.6 cm³/mol. The molecule has 0 fully saturated rings. The van der Waals surface area contributed by atoms with Gasteiger partial charge in [-0.3, -0.25) is 9.20 Å². The molecule has 102 valence electrons. The summed E-state index contributed by atoms with van der Waals surface area (Å²) >= 11 is 0. The number of nitrogens with one attached hydrogen (secondary N) is 1. The third-order valence-electron chi connectivity index (χ3n) is 2.52. The molecule has 1 unspecified atom stereocenters. The van der Waals surface area contributed by atoms with E-state index in [-0.39, 0.29) is 10.8 Å². The van der Waals surface area contributed by atoms with E-state index in [0.717, 1.165) is 0 Å². The number of hydrogen-bond donors (Lipinski definition) is 3. The van der Waals surface area contributed by atoms with Gasteiger partial charge in [0.2, 0.25) is 5.91 Å². The maximum atomic E-state index is 12.2. The number of amides is 1. The summed E-state index contributed by atoms with van der Waals surface area (Å²) in [5.74, 6) is -0.925. The first-order valence-electron chi connectivity index (χ1n) is 5.37. The maximum absolute atomic E-state index is 12.2.